The molecule has 0 bridgehead atoms. The van der Waals surface area contributed by atoms with E-state index in [1.807, 2.05) is 0 Å². The molecule has 5 heteroatoms. The van der Waals surface area contributed by atoms with Crippen molar-refractivity contribution in [1.82, 2.24) is 0 Å². The minimum Gasteiger partial charge on any atom is -0.455 e. The predicted molar refractivity (Wildman–Crippen MR) is 85.3 cm³/mol. The van der Waals surface area contributed by atoms with Crippen LogP contribution >= 0.6 is 0 Å². The van der Waals surface area contributed by atoms with Crippen molar-refractivity contribution in [1.29, 1.82) is 0 Å². The molecule has 0 aliphatic carbocycles. The molecule has 1 saturated heterocycles. The zero-order chi connectivity index (χ0) is 16.0. The molecule has 0 amide bonds. The quantitative estimate of drug-likeness (QED) is 0.216. The summed E-state index contributed by atoms with van der Waals surface area (Å²) >= 11 is 0. The molecule has 118 valence electrons. The molecular weight excluding hydrogens is 284 g/mol. The van der Waals surface area contributed by atoms with Gasteiger partial charge in [0.05, 0.1) is 0 Å². The molecule has 1 heterocycles. The summed E-state index contributed by atoms with van der Waals surface area (Å²) in [5.41, 5.74) is 0. The highest BCUT2D eigenvalue weighted by Gasteiger charge is 2.52. The molecule has 1 aliphatic rings. The van der Waals surface area contributed by atoms with Crippen LogP contribution in [0.25, 0.3) is 0 Å². The van der Waals surface area contributed by atoms with Crippen molar-refractivity contribution in [2.45, 2.75) is 70.2 Å². The van der Waals surface area contributed by atoms with Gasteiger partial charge < -0.3 is 13.9 Å². The molecule has 0 N–H and O–H groups in total. The summed E-state index contributed by atoms with van der Waals surface area (Å²) in [6.45, 7) is 11.5. The molecule has 4 nitrogen and oxygen atoms in total. The average molecular weight is 310 g/mol. The molecular formula is C16H26O4Si. The van der Waals surface area contributed by atoms with Crippen molar-refractivity contribution in [3.8, 4) is 12.3 Å². The Morgan fingerprint density at radius 3 is 2.33 bits per heavy atom. The Kier molecular flexibility index (Phi) is 6.66. The number of hydrogen-bond acceptors (Lipinski definition) is 4. The molecule has 1 unspecified atom stereocenters. The van der Waals surface area contributed by atoms with Gasteiger partial charge in [0.1, 0.15) is 24.4 Å². The van der Waals surface area contributed by atoms with E-state index in [-0.39, 0.29) is 24.3 Å². The van der Waals surface area contributed by atoms with Crippen molar-refractivity contribution in [3.63, 3.8) is 0 Å². The first-order valence-corrected chi connectivity index (χ1v) is 10.1. The fraction of sp³-hybridized carbons (Fsp3) is 0.688. The Morgan fingerprint density at radius 2 is 1.95 bits per heavy atom. The number of rotatable bonds is 9. The number of ether oxygens (including phenoxy) is 2. The third-order valence-electron chi connectivity index (χ3n) is 4.19. The largest absolute Gasteiger partial charge is 0.455 e. The lowest BCUT2D eigenvalue weighted by molar-refractivity contribution is -0.144. The summed E-state index contributed by atoms with van der Waals surface area (Å²) in [6.07, 6.45) is 5.90. The minimum atomic E-state index is -1.79. The van der Waals surface area contributed by atoms with Crippen LogP contribution < -0.4 is 0 Å². The maximum Gasteiger partial charge on any atom is 0.303 e. The van der Waals surface area contributed by atoms with E-state index >= 15 is 0 Å². The van der Waals surface area contributed by atoms with Crippen LogP contribution in [0.2, 0.25) is 18.1 Å². The van der Waals surface area contributed by atoms with Gasteiger partial charge in [-0.05, 0) is 24.2 Å². The molecule has 1 aliphatic heterocycles. The summed E-state index contributed by atoms with van der Waals surface area (Å²) in [6, 6.07) is 3.10. The van der Waals surface area contributed by atoms with E-state index in [1.54, 1.807) is 6.08 Å². The van der Waals surface area contributed by atoms with Gasteiger partial charge in [0.15, 0.2) is 8.32 Å². The van der Waals surface area contributed by atoms with Crippen LogP contribution in [0.3, 0.4) is 0 Å². The number of carbonyl (C=O) groups excluding carboxylic acids is 1. The van der Waals surface area contributed by atoms with Crippen molar-refractivity contribution in [2.24, 2.45) is 0 Å². The minimum absolute atomic E-state index is 0.214. The molecule has 4 atom stereocenters. The van der Waals surface area contributed by atoms with Gasteiger partial charge in [-0.25, -0.2) is 0 Å². The number of hydrogen-bond donors (Lipinski definition) is 0. The third kappa shape index (κ3) is 4.44. The van der Waals surface area contributed by atoms with Gasteiger partial charge in [-0.2, -0.15) is 0 Å². The van der Waals surface area contributed by atoms with Gasteiger partial charge in [-0.15, -0.1) is 6.42 Å². The van der Waals surface area contributed by atoms with Crippen LogP contribution in [-0.2, 0) is 18.7 Å². The number of epoxide rings is 1. The Morgan fingerprint density at radius 1 is 1.38 bits per heavy atom. The number of esters is 1. The normalized spacial score (nSPS) is 23.8. The summed E-state index contributed by atoms with van der Waals surface area (Å²) in [4.78, 5) is 11.1. The van der Waals surface area contributed by atoms with Crippen LogP contribution in [0.1, 0.15) is 27.7 Å². The summed E-state index contributed by atoms with van der Waals surface area (Å²) in [7, 11) is -1.79. The second-order valence-corrected chi connectivity index (χ2v) is 10.0. The van der Waals surface area contributed by atoms with Gasteiger partial charge in [-0.3, -0.25) is 4.79 Å². The molecule has 0 aromatic carbocycles. The van der Waals surface area contributed by atoms with E-state index in [4.69, 9.17) is 20.3 Å². The highest BCUT2D eigenvalue weighted by Crippen LogP contribution is 2.35. The molecule has 0 saturated carbocycles. The van der Waals surface area contributed by atoms with Crippen LogP contribution in [0.15, 0.2) is 12.7 Å². The maximum atomic E-state index is 11.1. The molecule has 0 spiro atoms. The topological polar surface area (TPSA) is 48.1 Å². The van der Waals surface area contributed by atoms with Gasteiger partial charge in [-0.1, -0.05) is 33.3 Å². The molecule has 1 rings (SSSR count). The maximum absolute atomic E-state index is 11.1. The standard InChI is InChI=1S/C16H26O4Si/c1-7-13(18-12(6)17)15-16(19-15)14(8-2)20-21(9-3,10-4)11-5/h2,7,13-16H,1,9-11H2,3-6H3/t13-,14?,15+,16-/m1/s1. The van der Waals surface area contributed by atoms with Gasteiger partial charge in [0.2, 0.25) is 0 Å². The van der Waals surface area contributed by atoms with E-state index in [1.165, 1.54) is 6.92 Å². The average Bonchev–Trinajstić information content (AvgIpc) is 3.27. The summed E-state index contributed by atoms with van der Waals surface area (Å²) in [5, 5.41) is 0. The zero-order valence-corrected chi connectivity index (χ0v) is 14.4. The number of carbonyl (C=O) groups is 1. The Labute approximate surface area is 129 Å². The Balaban J connectivity index is 2.70. The highest BCUT2D eigenvalue weighted by molar-refractivity contribution is 6.73. The van der Waals surface area contributed by atoms with Gasteiger partial charge in [0.25, 0.3) is 0 Å². The Hall–Kier alpha value is -1.09. The molecule has 21 heavy (non-hydrogen) atoms. The summed E-state index contributed by atoms with van der Waals surface area (Å²) in [5.74, 6) is 2.34. The van der Waals surface area contributed by atoms with Crippen molar-refractivity contribution >= 4 is 14.3 Å². The smallest absolute Gasteiger partial charge is 0.303 e. The van der Waals surface area contributed by atoms with E-state index in [9.17, 15) is 4.79 Å². The monoisotopic (exact) mass is 310 g/mol. The second-order valence-electron chi connectivity index (χ2n) is 5.32. The van der Waals surface area contributed by atoms with Crippen molar-refractivity contribution in [2.75, 3.05) is 0 Å². The SMILES string of the molecule is C#CC(O[Si](CC)(CC)CC)[C@H]1O[C@H]1[C@@H](C=C)OC(C)=O. The van der Waals surface area contributed by atoms with E-state index in [2.05, 4.69) is 33.3 Å². The Bertz CT molecular complexity index is 403. The first kappa shape index (κ1) is 18.0. The van der Waals surface area contributed by atoms with E-state index in [0.29, 0.717) is 0 Å². The van der Waals surface area contributed by atoms with Crippen LogP contribution in [-0.4, -0.2) is 38.7 Å². The zero-order valence-electron chi connectivity index (χ0n) is 13.4. The van der Waals surface area contributed by atoms with Crippen LogP contribution in [0.5, 0.6) is 0 Å². The molecule has 0 aromatic rings. The van der Waals surface area contributed by atoms with E-state index < -0.39 is 14.4 Å². The number of terminal acetylenes is 1. The second kappa shape index (κ2) is 7.78. The van der Waals surface area contributed by atoms with E-state index in [0.717, 1.165) is 18.1 Å². The van der Waals surface area contributed by atoms with Crippen LogP contribution in [0, 0.1) is 12.3 Å². The highest BCUT2D eigenvalue weighted by atomic mass is 28.4. The lowest BCUT2D eigenvalue weighted by Gasteiger charge is -2.30. The lowest BCUT2D eigenvalue weighted by Crippen LogP contribution is -2.42. The van der Waals surface area contributed by atoms with Gasteiger partial charge in [0, 0.05) is 6.92 Å². The third-order valence-corrected chi connectivity index (χ3v) is 8.81. The fourth-order valence-electron chi connectivity index (χ4n) is 2.55. The fourth-order valence-corrected chi connectivity index (χ4v) is 5.29. The lowest BCUT2D eigenvalue weighted by atomic mass is 10.1. The van der Waals surface area contributed by atoms with Gasteiger partial charge >= 0.3 is 5.97 Å². The van der Waals surface area contributed by atoms with Crippen molar-refractivity contribution < 1.29 is 18.7 Å². The first-order chi connectivity index (χ1) is 9.96. The predicted octanol–water partition coefficient (Wildman–Crippen LogP) is 2.90. The van der Waals surface area contributed by atoms with Crippen LogP contribution in [0.4, 0.5) is 0 Å². The molecule has 1 fully saturated rings. The van der Waals surface area contributed by atoms with Crippen molar-refractivity contribution in [3.05, 3.63) is 12.7 Å². The first-order valence-electron chi connectivity index (χ1n) is 7.56. The summed E-state index contributed by atoms with van der Waals surface area (Å²) < 4.78 is 17.1. The molecule has 0 aromatic heterocycles. The molecule has 0 radical (unpaired) electrons.